The molecule has 0 amide bonds. The second-order valence-electron chi connectivity index (χ2n) is 4.40. The maximum absolute atomic E-state index is 12.2. The molecule has 2 rings (SSSR count). The van der Waals surface area contributed by atoms with Crippen LogP contribution in [-0.2, 0) is 10.1 Å². The molecule has 0 saturated heterocycles. The molecule has 0 aromatic heterocycles. The van der Waals surface area contributed by atoms with Gasteiger partial charge in [0, 0.05) is 0 Å². The fraction of sp³-hybridized carbons (Fsp3) is 0.143. The highest BCUT2D eigenvalue weighted by Crippen LogP contribution is 2.35. The second-order valence-corrected chi connectivity index (χ2v) is 7.02. The standard InChI is InChI=1S/C14H13IO4S/c1-9-3-6-11(7-4-9)20(17,18)19-14-12(16)8-5-10(2)13(14)15/h3-8,16H,1-2H3. The van der Waals surface area contributed by atoms with Crippen molar-refractivity contribution in [3.05, 3.63) is 51.1 Å². The maximum Gasteiger partial charge on any atom is 0.339 e. The van der Waals surface area contributed by atoms with Crippen LogP contribution < -0.4 is 4.18 Å². The van der Waals surface area contributed by atoms with E-state index in [0.717, 1.165) is 11.1 Å². The lowest BCUT2D eigenvalue weighted by atomic mass is 10.2. The molecule has 0 aliphatic rings. The van der Waals surface area contributed by atoms with Gasteiger partial charge in [-0.3, -0.25) is 0 Å². The zero-order valence-electron chi connectivity index (χ0n) is 10.9. The molecular weight excluding hydrogens is 391 g/mol. The van der Waals surface area contributed by atoms with E-state index < -0.39 is 10.1 Å². The Kier molecular flexibility index (Phi) is 4.24. The summed E-state index contributed by atoms with van der Waals surface area (Å²) in [7, 11) is -3.96. The molecule has 0 radical (unpaired) electrons. The van der Waals surface area contributed by atoms with Gasteiger partial charge in [0.2, 0.25) is 0 Å². The van der Waals surface area contributed by atoms with E-state index in [1.54, 1.807) is 18.2 Å². The Hall–Kier alpha value is -1.28. The first-order valence-corrected chi connectivity index (χ1v) is 8.29. The van der Waals surface area contributed by atoms with Crippen LogP contribution in [0.5, 0.6) is 11.5 Å². The van der Waals surface area contributed by atoms with Crippen LogP contribution >= 0.6 is 22.6 Å². The summed E-state index contributed by atoms with van der Waals surface area (Å²) in [6.45, 7) is 3.68. The third-order valence-corrected chi connectivity index (χ3v) is 5.35. The van der Waals surface area contributed by atoms with E-state index in [-0.39, 0.29) is 16.4 Å². The van der Waals surface area contributed by atoms with Gasteiger partial charge in [-0.05, 0) is 60.2 Å². The molecule has 106 valence electrons. The van der Waals surface area contributed by atoms with Crippen LogP contribution in [0.4, 0.5) is 0 Å². The van der Waals surface area contributed by atoms with Gasteiger partial charge in [-0.25, -0.2) is 0 Å². The fourth-order valence-corrected chi connectivity index (χ4v) is 3.26. The number of halogens is 1. The Morgan fingerprint density at radius 3 is 2.25 bits per heavy atom. The first-order chi connectivity index (χ1) is 9.31. The van der Waals surface area contributed by atoms with Gasteiger partial charge >= 0.3 is 10.1 Å². The van der Waals surface area contributed by atoms with Crippen molar-refractivity contribution in [1.29, 1.82) is 0 Å². The molecule has 0 unspecified atom stereocenters. The van der Waals surface area contributed by atoms with Gasteiger partial charge in [0.25, 0.3) is 0 Å². The molecule has 1 N–H and O–H groups in total. The van der Waals surface area contributed by atoms with Gasteiger partial charge in [0.05, 0.1) is 3.57 Å². The van der Waals surface area contributed by atoms with Crippen LogP contribution in [-0.4, -0.2) is 13.5 Å². The molecule has 0 saturated carbocycles. The van der Waals surface area contributed by atoms with Crippen LogP contribution in [0.2, 0.25) is 0 Å². The first kappa shape index (κ1) is 15.1. The summed E-state index contributed by atoms with van der Waals surface area (Å²) < 4.78 is 30.0. The van der Waals surface area contributed by atoms with E-state index in [2.05, 4.69) is 0 Å². The molecule has 0 heterocycles. The van der Waals surface area contributed by atoms with Crippen molar-refractivity contribution in [3.8, 4) is 11.5 Å². The normalized spacial score (nSPS) is 11.3. The summed E-state index contributed by atoms with van der Waals surface area (Å²) in [5.41, 5.74) is 1.79. The van der Waals surface area contributed by atoms with Crippen LogP contribution in [0.25, 0.3) is 0 Å². The predicted molar refractivity (Wildman–Crippen MR) is 84.6 cm³/mol. The van der Waals surface area contributed by atoms with E-state index in [9.17, 15) is 13.5 Å². The summed E-state index contributed by atoms with van der Waals surface area (Å²) >= 11 is 1.95. The third kappa shape index (κ3) is 3.06. The Balaban J connectivity index is 2.43. The van der Waals surface area contributed by atoms with Crippen molar-refractivity contribution < 1.29 is 17.7 Å². The number of hydrogen-bond donors (Lipinski definition) is 1. The lowest BCUT2D eigenvalue weighted by Crippen LogP contribution is -2.11. The number of benzene rings is 2. The summed E-state index contributed by atoms with van der Waals surface area (Å²) in [6, 6.07) is 9.45. The largest absolute Gasteiger partial charge is 0.504 e. The smallest absolute Gasteiger partial charge is 0.339 e. The third-order valence-electron chi connectivity index (χ3n) is 2.77. The van der Waals surface area contributed by atoms with Crippen molar-refractivity contribution >= 4 is 32.7 Å². The SMILES string of the molecule is Cc1ccc(S(=O)(=O)Oc2c(O)ccc(C)c2I)cc1. The molecule has 0 fully saturated rings. The maximum atomic E-state index is 12.2. The highest BCUT2D eigenvalue weighted by Gasteiger charge is 2.21. The molecule has 0 aliphatic heterocycles. The molecule has 2 aromatic carbocycles. The summed E-state index contributed by atoms with van der Waals surface area (Å²) in [5, 5.41) is 9.78. The number of rotatable bonds is 3. The number of phenols is 1. The van der Waals surface area contributed by atoms with Crippen molar-refractivity contribution in [2.75, 3.05) is 0 Å². The van der Waals surface area contributed by atoms with Crippen LogP contribution in [0, 0.1) is 17.4 Å². The first-order valence-electron chi connectivity index (χ1n) is 5.80. The second kappa shape index (κ2) is 5.61. The van der Waals surface area contributed by atoms with Crippen molar-refractivity contribution in [3.63, 3.8) is 0 Å². The van der Waals surface area contributed by atoms with Crippen molar-refractivity contribution in [2.24, 2.45) is 0 Å². The molecule has 20 heavy (non-hydrogen) atoms. The highest BCUT2D eigenvalue weighted by molar-refractivity contribution is 14.1. The Morgan fingerprint density at radius 2 is 1.65 bits per heavy atom. The quantitative estimate of drug-likeness (QED) is 0.630. The zero-order chi connectivity index (χ0) is 14.9. The van der Waals surface area contributed by atoms with E-state index in [1.165, 1.54) is 18.2 Å². The Bertz CT molecular complexity index is 737. The molecular formula is C14H13IO4S. The molecule has 0 aliphatic carbocycles. The number of hydrogen-bond acceptors (Lipinski definition) is 4. The average molecular weight is 404 g/mol. The van der Waals surface area contributed by atoms with Gasteiger partial charge in [0.15, 0.2) is 11.5 Å². The van der Waals surface area contributed by atoms with Gasteiger partial charge in [-0.1, -0.05) is 23.8 Å². The van der Waals surface area contributed by atoms with E-state index in [0.29, 0.717) is 3.57 Å². The number of aryl methyl sites for hydroxylation is 2. The monoisotopic (exact) mass is 404 g/mol. The molecule has 4 nitrogen and oxygen atoms in total. The fourth-order valence-electron chi connectivity index (χ4n) is 1.59. The van der Waals surface area contributed by atoms with Crippen LogP contribution in [0.3, 0.4) is 0 Å². The number of phenolic OH excluding ortho intramolecular Hbond substituents is 1. The van der Waals surface area contributed by atoms with Gasteiger partial charge in [-0.2, -0.15) is 8.42 Å². The Morgan fingerprint density at radius 1 is 1.05 bits per heavy atom. The van der Waals surface area contributed by atoms with Gasteiger partial charge in [0.1, 0.15) is 4.90 Å². The molecule has 0 bridgehead atoms. The van der Waals surface area contributed by atoms with Crippen molar-refractivity contribution in [2.45, 2.75) is 18.7 Å². The minimum absolute atomic E-state index is 0.0359. The summed E-state index contributed by atoms with van der Waals surface area (Å²) in [5.74, 6) is -0.234. The lowest BCUT2D eigenvalue weighted by molar-refractivity contribution is 0.426. The zero-order valence-corrected chi connectivity index (χ0v) is 13.9. The van der Waals surface area contributed by atoms with Crippen molar-refractivity contribution in [1.82, 2.24) is 0 Å². The number of aromatic hydroxyl groups is 1. The molecule has 0 spiro atoms. The van der Waals surface area contributed by atoms with E-state index in [4.69, 9.17) is 4.18 Å². The molecule has 2 aromatic rings. The summed E-state index contributed by atoms with van der Waals surface area (Å²) in [6.07, 6.45) is 0. The van der Waals surface area contributed by atoms with E-state index >= 15 is 0 Å². The average Bonchev–Trinajstić information content (AvgIpc) is 2.40. The summed E-state index contributed by atoms with van der Waals surface area (Å²) in [4.78, 5) is 0.0554. The highest BCUT2D eigenvalue weighted by atomic mass is 127. The van der Waals surface area contributed by atoms with Crippen LogP contribution in [0.15, 0.2) is 41.3 Å². The van der Waals surface area contributed by atoms with Gasteiger partial charge in [-0.15, -0.1) is 0 Å². The van der Waals surface area contributed by atoms with Crippen LogP contribution in [0.1, 0.15) is 11.1 Å². The predicted octanol–water partition coefficient (Wildman–Crippen LogP) is 3.38. The minimum Gasteiger partial charge on any atom is -0.504 e. The van der Waals surface area contributed by atoms with E-state index in [1.807, 2.05) is 36.4 Å². The topological polar surface area (TPSA) is 63.6 Å². The molecule has 6 heteroatoms. The lowest BCUT2D eigenvalue weighted by Gasteiger charge is -2.11. The van der Waals surface area contributed by atoms with Gasteiger partial charge < -0.3 is 9.29 Å². The molecule has 0 atom stereocenters. The minimum atomic E-state index is -3.96. The Labute approximate surface area is 131 Å².